The first-order chi connectivity index (χ1) is 12.0. The largest absolute Gasteiger partial charge is 0.305 e. The van der Waals surface area contributed by atoms with E-state index >= 15 is 0 Å². The molecule has 25 heavy (non-hydrogen) atoms. The van der Waals surface area contributed by atoms with Crippen LogP contribution in [0, 0.1) is 13.8 Å². The predicted octanol–water partition coefficient (Wildman–Crippen LogP) is 4.08. The van der Waals surface area contributed by atoms with Gasteiger partial charge in [-0.2, -0.15) is 5.10 Å². The Bertz CT molecular complexity index is 940. The number of fused-ring (bicyclic) bond motifs is 1. The maximum Gasteiger partial charge on any atom is 0.258 e. The second kappa shape index (κ2) is 5.88. The summed E-state index contributed by atoms with van der Waals surface area (Å²) in [5.74, 6) is 0.0531. The lowest BCUT2D eigenvalue weighted by Gasteiger charge is -2.23. The summed E-state index contributed by atoms with van der Waals surface area (Å²) < 4.78 is 1.90. The van der Waals surface area contributed by atoms with E-state index in [0.717, 1.165) is 29.2 Å². The Morgan fingerprint density at radius 1 is 1.08 bits per heavy atom. The first kappa shape index (κ1) is 15.6. The van der Waals surface area contributed by atoms with E-state index in [2.05, 4.69) is 18.1 Å². The number of para-hydroxylation sites is 1. The highest BCUT2D eigenvalue weighted by Crippen LogP contribution is 2.33. The minimum absolute atomic E-state index is 0.0531. The molecule has 0 radical (unpaired) electrons. The highest BCUT2D eigenvalue weighted by molar-refractivity contribution is 6.07. The molecule has 0 fully saturated rings. The molecule has 1 atom stereocenters. The van der Waals surface area contributed by atoms with E-state index in [1.165, 1.54) is 5.56 Å². The fourth-order valence-electron chi connectivity index (χ4n) is 3.65. The molecule has 0 saturated carbocycles. The zero-order valence-corrected chi connectivity index (χ0v) is 14.7. The summed E-state index contributed by atoms with van der Waals surface area (Å²) >= 11 is 0. The van der Waals surface area contributed by atoms with Gasteiger partial charge in [0, 0.05) is 23.0 Å². The zero-order valence-electron chi connectivity index (χ0n) is 14.7. The number of aromatic nitrogens is 2. The molecular formula is C21H21N3O. The SMILES string of the molecule is Cc1cc(C)n(-c2ccc(C(=O)N3c4ccccc4C[C@@H]3C)cc2)n1. The van der Waals surface area contributed by atoms with E-state index in [0.29, 0.717) is 5.56 Å². The molecule has 0 aliphatic carbocycles. The van der Waals surface area contributed by atoms with Crippen LogP contribution in [0.2, 0.25) is 0 Å². The fourth-order valence-corrected chi connectivity index (χ4v) is 3.65. The molecule has 1 amide bonds. The lowest BCUT2D eigenvalue weighted by molar-refractivity contribution is 0.0981. The molecule has 2 heterocycles. The van der Waals surface area contributed by atoms with Gasteiger partial charge in [-0.3, -0.25) is 4.79 Å². The molecule has 0 saturated heterocycles. The third kappa shape index (κ3) is 2.64. The molecule has 0 bridgehead atoms. The van der Waals surface area contributed by atoms with Gasteiger partial charge in [-0.25, -0.2) is 4.68 Å². The smallest absolute Gasteiger partial charge is 0.258 e. The molecule has 4 heteroatoms. The number of hydrogen-bond donors (Lipinski definition) is 0. The van der Waals surface area contributed by atoms with Crippen LogP contribution in [0.5, 0.6) is 0 Å². The zero-order chi connectivity index (χ0) is 17.6. The van der Waals surface area contributed by atoms with Gasteiger partial charge < -0.3 is 4.90 Å². The number of rotatable bonds is 2. The van der Waals surface area contributed by atoms with E-state index in [4.69, 9.17) is 0 Å². The number of aryl methyl sites for hydroxylation is 2. The van der Waals surface area contributed by atoms with Crippen molar-refractivity contribution in [3.05, 3.63) is 77.1 Å². The highest BCUT2D eigenvalue weighted by atomic mass is 16.2. The van der Waals surface area contributed by atoms with Crippen LogP contribution >= 0.6 is 0 Å². The lowest BCUT2D eigenvalue weighted by atomic mass is 10.1. The number of carbonyl (C=O) groups is 1. The molecule has 1 aliphatic heterocycles. The topological polar surface area (TPSA) is 38.1 Å². The van der Waals surface area contributed by atoms with E-state index in [1.807, 2.05) is 72.0 Å². The minimum Gasteiger partial charge on any atom is -0.305 e. The van der Waals surface area contributed by atoms with Crippen molar-refractivity contribution in [2.24, 2.45) is 0 Å². The second-order valence-corrected chi connectivity index (χ2v) is 6.74. The van der Waals surface area contributed by atoms with E-state index in [-0.39, 0.29) is 11.9 Å². The van der Waals surface area contributed by atoms with Gasteiger partial charge in [0.05, 0.1) is 11.4 Å². The Labute approximate surface area is 147 Å². The number of anilines is 1. The van der Waals surface area contributed by atoms with Gasteiger partial charge in [-0.1, -0.05) is 18.2 Å². The number of carbonyl (C=O) groups excluding carboxylic acids is 1. The summed E-state index contributed by atoms with van der Waals surface area (Å²) in [6.45, 7) is 6.11. The Morgan fingerprint density at radius 2 is 1.80 bits per heavy atom. The summed E-state index contributed by atoms with van der Waals surface area (Å²) in [6.07, 6.45) is 0.908. The van der Waals surface area contributed by atoms with Crippen molar-refractivity contribution >= 4 is 11.6 Å². The maximum absolute atomic E-state index is 13.0. The van der Waals surface area contributed by atoms with Crippen LogP contribution in [-0.2, 0) is 6.42 Å². The lowest BCUT2D eigenvalue weighted by Crippen LogP contribution is -2.35. The van der Waals surface area contributed by atoms with E-state index in [9.17, 15) is 4.79 Å². The van der Waals surface area contributed by atoms with Crippen LogP contribution in [0.4, 0.5) is 5.69 Å². The van der Waals surface area contributed by atoms with Crippen molar-refractivity contribution < 1.29 is 4.79 Å². The number of benzene rings is 2. The Morgan fingerprint density at radius 3 is 2.48 bits per heavy atom. The molecule has 4 nitrogen and oxygen atoms in total. The van der Waals surface area contributed by atoms with Crippen molar-refractivity contribution in [3.8, 4) is 5.69 Å². The van der Waals surface area contributed by atoms with Gasteiger partial charge in [-0.05, 0) is 69.2 Å². The van der Waals surface area contributed by atoms with Crippen LogP contribution in [0.1, 0.15) is 34.2 Å². The quantitative estimate of drug-likeness (QED) is 0.709. The van der Waals surface area contributed by atoms with Crippen molar-refractivity contribution in [2.45, 2.75) is 33.2 Å². The molecule has 4 rings (SSSR count). The summed E-state index contributed by atoms with van der Waals surface area (Å²) in [7, 11) is 0. The molecule has 1 aromatic heterocycles. The first-order valence-electron chi connectivity index (χ1n) is 8.60. The third-order valence-corrected chi connectivity index (χ3v) is 4.79. The summed E-state index contributed by atoms with van der Waals surface area (Å²) in [5.41, 5.74) is 6.01. The van der Waals surface area contributed by atoms with Crippen molar-refractivity contribution in [1.29, 1.82) is 0 Å². The second-order valence-electron chi connectivity index (χ2n) is 6.74. The van der Waals surface area contributed by atoms with Crippen LogP contribution in [-0.4, -0.2) is 21.7 Å². The van der Waals surface area contributed by atoms with Gasteiger partial charge in [0.25, 0.3) is 5.91 Å². The van der Waals surface area contributed by atoms with E-state index in [1.54, 1.807) is 0 Å². The fraction of sp³-hybridized carbons (Fsp3) is 0.238. The summed E-state index contributed by atoms with van der Waals surface area (Å²) in [5, 5.41) is 4.50. The average molecular weight is 331 g/mol. The molecule has 0 N–H and O–H groups in total. The number of nitrogens with zero attached hydrogens (tertiary/aromatic N) is 3. The summed E-state index contributed by atoms with van der Waals surface area (Å²) in [4.78, 5) is 15.0. The van der Waals surface area contributed by atoms with Crippen molar-refractivity contribution in [2.75, 3.05) is 4.90 Å². The van der Waals surface area contributed by atoms with Gasteiger partial charge in [0.2, 0.25) is 0 Å². The monoisotopic (exact) mass is 331 g/mol. The van der Waals surface area contributed by atoms with Crippen LogP contribution < -0.4 is 4.90 Å². The van der Waals surface area contributed by atoms with Crippen molar-refractivity contribution in [1.82, 2.24) is 9.78 Å². The first-order valence-corrected chi connectivity index (χ1v) is 8.60. The number of amides is 1. The van der Waals surface area contributed by atoms with Gasteiger partial charge >= 0.3 is 0 Å². The van der Waals surface area contributed by atoms with Gasteiger partial charge in [0.1, 0.15) is 0 Å². The Balaban J connectivity index is 1.64. The molecule has 3 aromatic rings. The molecule has 0 spiro atoms. The average Bonchev–Trinajstić information content (AvgIpc) is 3.12. The molecule has 2 aromatic carbocycles. The standard InChI is InChI=1S/C21H21N3O/c1-14-12-16(3)24(22-14)19-10-8-17(9-11-19)21(25)23-15(2)13-18-6-4-5-7-20(18)23/h4-12,15H,13H2,1-3H3/t15-/m0/s1. The Hall–Kier alpha value is -2.88. The van der Waals surface area contributed by atoms with Crippen LogP contribution in [0.25, 0.3) is 5.69 Å². The molecule has 0 unspecified atom stereocenters. The van der Waals surface area contributed by atoms with Crippen LogP contribution in [0.15, 0.2) is 54.6 Å². The molecular weight excluding hydrogens is 310 g/mol. The molecule has 126 valence electrons. The number of hydrogen-bond acceptors (Lipinski definition) is 2. The van der Waals surface area contributed by atoms with E-state index < -0.39 is 0 Å². The maximum atomic E-state index is 13.0. The normalized spacial score (nSPS) is 16.1. The van der Waals surface area contributed by atoms with Gasteiger partial charge in [-0.15, -0.1) is 0 Å². The predicted molar refractivity (Wildman–Crippen MR) is 99.5 cm³/mol. The van der Waals surface area contributed by atoms with Crippen LogP contribution in [0.3, 0.4) is 0 Å². The summed E-state index contributed by atoms with van der Waals surface area (Å²) in [6, 6.07) is 18.1. The Kier molecular flexibility index (Phi) is 3.68. The molecule has 1 aliphatic rings. The van der Waals surface area contributed by atoms with Crippen molar-refractivity contribution in [3.63, 3.8) is 0 Å². The minimum atomic E-state index is 0.0531. The highest BCUT2D eigenvalue weighted by Gasteiger charge is 2.31. The van der Waals surface area contributed by atoms with Gasteiger partial charge in [0.15, 0.2) is 0 Å². The third-order valence-electron chi connectivity index (χ3n) is 4.79.